The summed E-state index contributed by atoms with van der Waals surface area (Å²) in [7, 11) is 0. The van der Waals surface area contributed by atoms with E-state index in [1.807, 2.05) is 0 Å². The average molecular weight is 167 g/mol. The van der Waals surface area contributed by atoms with E-state index in [-0.39, 0.29) is 17.5 Å². The van der Waals surface area contributed by atoms with E-state index in [2.05, 4.69) is 4.99 Å². The Labute approximate surface area is 69.9 Å². The molecule has 0 bridgehead atoms. The minimum Gasteiger partial charge on any atom is -0.370 e. The molecule has 0 aliphatic rings. The molecule has 4 heteroatoms. The molecule has 0 unspecified atom stereocenters. The SMILES string of the molecule is Cc1cccc(N=C(N)N)c1F. The van der Waals surface area contributed by atoms with Crippen LogP contribution < -0.4 is 11.5 Å². The highest BCUT2D eigenvalue weighted by Crippen LogP contribution is 2.19. The normalized spacial score (nSPS) is 9.50. The molecule has 12 heavy (non-hydrogen) atoms. The summed E-state index contributed by atoms with van der Waals surface area (Å²) >= 11 is 0. The molecule has 0 saturated heterocycles. The molecule has 0 atom stereocenters. The Bertz CT molecular complexity index is 316. The lowest BCUT2D eigenvalue weighted by molar-refractivity contribution is 0.620. The molecule has 0 heterocycles. The summed E-state index contributed by atoms with van der Waals surface area (Å²) in [5.74, 6) is -0.523. The van der Waals surface area contributed by atoms with E-state index in [9.17, 15) is 4.39 Å². The Balaban J connectivity index is 3.17. The third-order valence-corrected chi connectivity index (χ3v) is 1.42. The number of guanidine groups is 1. The van der Waals surface area contributed by atoms with Crippen molar-refractivity contribution in [3.8, 4) is 0 Å². The molecule has 0 radical (unpaired) electrons. The molecule has 0 aliphatic heterocycles. The van der Waals surface area contributed by atoms with Crippen molar-refractivity contribution in [2.75, 3.05) is 0 Å². The molecule has 4 N–H and O–H groups in total. The zero-order valence-electron chi connectivity index (χ0n) is 6.71. The molecule has 0 fully saturated rings. The Morgan fingerprint density at radius 1 is 1.42 bits per heavy atom. The van der Waals surface area contributed by atoms with E-state index in [0.29, 0.717) is 5.56 Å². The number of nitrogens with zero attached hydrogens (tertiary/aromatic N) is 1. The Morgan fingerprint density at radius 3 is 2.67 bits per heavy atom. The van der Waals surface area contributed by atoms with Gasteiger partial charge in [-0.2, -0.15) is 0 Å². The lowest BCUT2D eigenvalue weighted by atomic mass is 10.2. The number of benzene rings is 1. The van der Waals surface area contributed by atoms with Gasteiger partial charge in [0, 0.05) is 0 Å². The maximum atomic E-state index is 13.1. The quantitative estimate of drug-likeness (QED) is 0.484. The minimum atomic E-state index is -0.383. The van der Waals surface area contributed by atoms with Gasteiger partial charge in [-0.05, 0) is 18.6 Å². The number of hydrogen-bond acceptors (Lipinski definition) is 1. The highest BCUT2D eigenvalue weighted by molar-refractivity contribution is 5.79. The van der Waals surface area contributed by atoms with Gasteiger partial charge < -0.3 is 11.5 Å². The Kier molecular flexibility index (Phi) is 2.28. The topological polar surface area (TPSA) is 64.4 Å². The van der Waals surface area contributed by atoms with Crippen LogP contribution in [0.15, 0.2) is 23.2 Å². The second kappa shape index (κ2) is 3.21. The average Bonchev–Trinajstić information content (AvgIpc) is 1.98. The highest BCUT2D eigenvalue weighted by atomic mass is 19.1. The molecule has 0 aromatic heterocycles. The lowest BCUT2D eigenvalue weighted by Gasteiger charge is -1.99. The molecule has 0 amide bonds. The molecule has 0 saturated carbocycles. The maximum Gasteiger partial charge on any atom is 0.191 e. The van der Waals surface area contributed by atoms with E-state index in [0.717, 1.165) is 0 Å². The second-order valence-corrected chi connectivity index (χ2v) is 2.44. The fraction of sp³-hybridized carbons (Fsp3) is 0.125. The first-order valence-corrected chi connectivity index (χ1v) is 3.46. The molecule has 3 nitrogen and oxygen atoms in total. The zero-order valence-corrected chi connectivity index (χ0v) is 6.71. The molecule has 1 rings (SSSR count). The van der Waals surface area contributed by atoms with Crippen molar-refractivity contribution in [3.63, 3.8) is 0 Å². The summed E-state index contributed by atoms with van der Waals surface area (Å²) < 4.78 is 13.1. The Morgan fingerprint density at radius 2 is 2.08 bits per heavy atom. The van der Waals surface area contributed by atoms with Crippen LogP contribution in [-0.4, -0.2) is 5.96 Å². The van der Waals surface area contributed by atoms with Crippen molar-refractivity contribution in [2.24, 2.45) is 16.5 Å². The van der Waals surface area contributed by atoms with Gasteiger partial charge in [-0.25, -0.2) is 9.38 Å². The summed E-state index contributed by atoms with van der Waals surface area (Å²) in [5.41, 5.74) is 10.9. The highest BCUT2D eigenvalue weighted by Gasteiger charge is 2.02. The van der Waals surface area contributed by atoms with Gasteiger partial charge in [0.2, 0.25) is 0 Å². The van der Waals surface area contributed by atoms with Crippen LogP contribution in [0.2, 0.25) is 0 Å². The van der Waals surface area contributed by atoms with Gasteiger partial charge in [0.25, 0.3) is 0 Å². The largest absolute Gasteiger partial charge is 0.370 e. The van der Waals surface area contributed by atoms with Crippen LogP contribution in [0.1, 0.15) is 5.56 Å². The third kappa shape index (κ3) is 1.72. The van der Waals surface area contributed by atoms with Crippen LogP contribution in [0, 0.1) is 12.7 Å². The van der Waals surface area contributed by atoms with Crippen LogP contribution in [0.5, 0.6) is 0 Å². The summed E-state index contributed by atoms with van der Waals surface area (Å²) in [6.45, 7) is 1.65. The van der Waals surface area contributed by atoms with Crippen molar-refractivity contribution >= 4 is 11.6 Å². The van der Waals surface area contributed by atoms with Gasteiger partial charge in [0.15, 0.2) is 11.8 Å². The van der Waals surface area contributed by atoms with E-state index in [1.165, 1.54) is 6.07 Å². The number of aliphatic imine (C=N–C) groups is 1. The van der Waals surface area contributed by atoms with Crippen molar-refractivity contribution < 1.29 is 4.39 Å². The van der Waals surface area contributed by atoms with Crippen molar-refractivity contribution in [3.05, 3.63) is 29.6 Å². The second-order valence-electron chi connectivity index (χ2n) is 2.44. The van der Waals surface area contributed by atoms with E-state index < -0.39 is 0 Å². The molecular weight excluding hydrogens is 157 g/mol. The van der Waals surface area contributed by atoms with Crippen molar-refractivity contribution in [2.45, 2.75) is 6.92 Å². The van der Waals surface area contributed by atoms with Gasteiger partial charge >= 0.3 is 0 Å². The minimum absolute atomic E-state index is 0.139. The number of aryl methyl sites for hydroxylation is 1. The molecule has 0 spiro atoms. The third-order valence-electron chi connectivity index (χ3n) is 1.42. The number of halogens is 1. The van der Waals surface area contributed by atoms with Gasteiger partial charge in [0.1, 0.15) is 5.69 Å². The maximum absolute atomic E-state index is 13.1. The van der Waals surface area contributed by atoms with Crippen LogP contribution in [0.3, 0.4) is 0 Å². The zero-order chi connectivity index (χ0) is 9.14. The number of rotatable bonds is 1. The van der Waals surface area contributed by atoms with Gasteiger partial charge in [-0.1, -0.05) is 12.1 Å². The smallest absolute Gasteiger partial charge is 0.191 e. The number of nitrogens with two attached hydrogens (primary N) is 2. The summed E-state index contributed by atoms with van der Waals surface area (Å²) in [5, 5.41) is 0. The molecule has 1 aromatic carbocycles. The van der Waals surface area contributed by atoms with Crippen molar-refractivity contribution in [1.82, 2.24) is 0 Å². The summed E-state index contributed by atoms with van der Waals surface area (Å²) in [6, 6.07) is 4.86. The molecule has 0 aliphatic carbocycles. The first kappa shape index (κ1) is 8.52. The van der Waals surface area contributed by atoms with Gasteiger partial charge in [-0.3, -0.25) is 0 Å². The van der Waals surface area contributed by atoms with Crippen LogP contribution in [0.25, 0.3) is 0 Å². The molecule has 64 valence electrons. The molecule has 1 aromatic rings. The van der Waals surface area contributed by atoms with E-state index in [4.69, 9.17) is 11.5 Å². The van der Waals surface area contributed by atoms with Crippen LogP contribution in [-0.2, 0) is 0 Å². The summed E-state index contributed by atoms with van der Waals surface area (Å²) in [6.07, 6.45) is 0. The molecular formula is C8H10FN3. The standard InChI is InChI=1S/C8H10FN3/c1-5-3-2-4-6(7(5)9)12-8(10)11/h2-4H,1H3,(H4,10,11,12). The first-order valence-electron chi connectivity index (χ1n) is 3.46. The summed E-state index contributed by atoms with van der Waals surface area (Å²) in [4.78, 5) is 3.62. The monoisotopic (exact) mass is 167 g/mol. The van der Waals surface area contributed by atoms with Crippen molar-refractivity contribution in [1.29, 1.82) is 0 Å². The fourth-order valence-electron chi connectivity index (χ4n) is 0.857. The predicted molar refractivity (Wildman–Crippen MR) is 46.6 cm³/mol. The number of hydrogen-bond donors (Lipinski definition) is 2. The first-order chi connectivity index (χ1) is 5.61. The predicted octanol–water partition coefficient (Wildman–Crippen LogP) is 1.04. The van der Waals surface area contributed by atoms with Gasteiger partial charge in [-0.15, -0.1) is 0 Å². The van der Waals surface area contributed by atoms with Crippen LogP contribution in [0.4, 0.5) is 10.1 Å². The van der Waals surface area contributed by atoms with Crippen LogP contribution >= 0.6 is 0 Å². The van der Waals surface area contributed by atoms with Gasteiger partial charge in [0.05, 0.1) is 0 Å². The van der Waals surface area contributed by atoms with E-state index in [1.54, 1.807) is 19.1 Å². The fourth-order valence-corrected chi connectivity index (χ4v) is 0.857. The lowest BCUT2D eigenvalue weighted by Crippen LogP contribution is -2.22. The Hall–Kier alpha value is -1.58. The van der Waals surface area contributed by atoms with E-state index >= 15 is 0 Å².